The highest BCUT2D eigenvalue weighted by atomic mass is 35.5. The molecule has 1 heterocycles. The molecule has 19 heavy (non-hydrogen) atoms. The van der Waals surface area contributed by atoms with Crippen LogP contribution in [0.15, 0.2) is 18.2 Å². The summed E-state index contributed by atoms with van der Waals surface area (Å²) in [6, 6.07) is 5.89. The lowest BCUT2D eigenvalue weighted by molar-refractivity contribution is 0.191. The molecule has 1 aromatic rings. The Morgan fingerprint density at radius 1 is 1.26 bits per heavy atom. The van der Waals surface area contributed by atoms with Crippen LogP contribution in [-0.2, 0) is 6.42 Å². The van der Waals surface area contributed by atoms with E-state index in [1.54, 1.807) is 0 Å². The van der Waals surface area contributed by atoms with Gasteiger partial charge in [-0.25, -0.2) is 0 Å². The molecule has 106 valence electrons. The molecule has 2 rings (SSSR count). The number of hydrogen-bond acceptors (Lipinski definition) is 2. The lowest BCUT2D eigenvalue weighted by Gasteiger charge is -2.33. The first-order valence-corrected chi connectivity index (χ1v) is 7.70. The predicted molar refractivity (Wildman–Crippen MR) is 81.2 cm³/mol. The van der Waals surface area contributed by atoms with Gasteiger partial charge in [0.1, 0.15) is 11.9 Å². The van der Waals surface area contributed by atoms with Crippen LogP contribution in [0.2, 0.25) is 5.02 Å². The fourth-order valence-corrected chi connectivity index (χ4v) is 3.05. The summed E-state index contributed by atoms with van der Waals surface area (Å²) in [5.74, 6) is 0.992. The maximum atomic E-state index is 6.02. The Balaban J connectivity index is 1.93. The fourth-order valence-electron chi connectivity index (χ4n) is 2.86. The molecular weight excluding hydrogens is 258 g/mol. The van der Waals surface area contributed by atoms with Crippen molar-refractivity contribution < 1.29 is 4.74 Å². The quantitative estimate of drug-likeness (QED) is 0.844. The number of fused-ring (bicyclic) bond motifs is 1. The highest BCUT2D eigenvalue weighted by Crippen LogP contribution is 2.31. The molecule has 0 saturated heterocycles. The Bertz CT molecular complexity index is 420. The van der Waals surface area contributed by atoms with Crippen LogP contribution >= 0.6 is 11.6 Å². The molecule has 2 nitrogen and oxygen atoms in total. The summed E-state index contributed by atoms with van der Waals surface area (Å²) in [6.45, 7) is 7.67. The Labute approximate surface area is 121 Å². The molecule has 0 saturated carbocycles. The summed E-state index contributed by atoms with van der Waals surface area (Å²) in [5, 5.41) is 4.51. The maximum Gasteiger partial charge on any atom is 0.123 e. The van der Waals surface area contributed by atoms with Crippen molar-refractivity contribution in [1.29, 1.82) is 0 Å². The lowest BCUT2D eigenvalue weighted by atomic mass is 9.89. The molecule has 0 aliphatic carbocycles. The second-order valence-electron chi connectivity index (χ2n) is 5.42. The van der Waals surface area contributed by atoms with Gasteiger partial charge in [-0.2, -0.15) is 0 Å². The van der Waals surface area contributed by atoms with Crippen molar-refractivity contribution in [3.8, 4) is 5.75 Å². The molecular formula is C16H24ClNO. The molecule has 3 heteroatoms. The van der Waals surface area contributed by atoms with Gasteiger partial charge >= 0.3 is 0 Å². The van der Waals surface area contributed by atoms with Gasteiger partial charge < -0.3 is 10.1 Å². The van der Waals surface area contributed by atoms with Crippen molar-refractivity contribution in [3.05, 3.63) is 28.8 Å². The second-order valence-corrected chi connectivity index (χ2v) is 5.85. The van der Waals surface area contributed by atoms with E-state index in [4.69, 9.17) is 16.3 Å². The van der Waals surface area contributed by atoms with E-state index in [9.17, 15) is 0 Å². The minimum Gasteiger partial charge on any atom is -0.488 e. The number of hydrogen-bond donors (Lipinski definition) is 1. The third-order valence-electron chi connectivity index (χ3n) is 4.50. The van der Waals surface area contributed by atoms with Gasteiger partial charge in [0, 0.05) is 23.5 Å². The van der Waals surface area contributed by atoms with Crippen molar-refractivity contribution in [2.75, 3.05) is 6.54 Å². The van der Waals surface area contributed by atoms with E-state index in [1.165, 1.54) is 5.56 Å². The van der Waals surface area contributed by atoms with Crippen LogP contribution in [-0.4, -0.2) is 18.2 Å². The fraction of sp³-hybridized carbons (Fsp3) is 0.625. The van der Waals surface area contributed by atoms with E-state index >= 15 is 0 Å². The number of rotatable bonds is 6. The standard InChI is InChI=1S/C16H24ClNO/c1-4-16(5-2,6-3)18-11-14-10-12-9-13(17)7-8-15(12)19-14/h7-9,14,18H,4-6,10-11H2,1-3H3. The van der Waals surface area contributed by atoms with Gasteiger partial charge in [-0.1, -0.05) is 32.4 Å². The second kappa shape index (κ2) is 6.15. The normalized spacial score (nSPS) is 18.2. The Morgan fingerprint density at radius 2 is 1.95 bits per heavy atom. The molecule has 0 amide bonds. The first kappa shape index (κ1) is 14.7. The smallest absolute Gasteiger partial charge is 0.123 e. The van der Waals surface area contributed by atoms with Crippen molar-refractivity contribution in [2.45, 2.75) is 58.1 Å². The molecule has 1 N–H and O–H groups in total. The SMILES string of the molecule is CCC(CC)(CC)NCC1Cc2cc(Cl)ccc2O1. The van der Waals surface area contributed by atoms with E-state index in [0.29, 0.717) is 0 Å². The zero-order chi connectivity index (χ0) is 13.9. The minimum absolute atomic E-state index is 0.234. The largest absolute Gasteiger partial charge is 0.488 e. The predicted octanol–water partition coefficient (Wildman–Crippen LogP) is 4.20. The van der Waals surface area contributed by atoms with Gasteiger partial charge in [-0.15, -0.1) is 0 Å². The number of ether oxygens (including phenoxy) is 1. The van der Waals surface area contributed by atoms with Gasteiger partial charge in [-0.3, -0.25) is 0 Å². The molecule has 0 spiro atoms. The average Bonchev–Trinajstić information content (AvgIpc) is 2.83. The first-order chi connectivity index (χ1) is 9.12. The zero-order valence-corrected chi connectivity index (χ0v) is 12.9. The molecule has 1 aliphatic heterocycles. The van der Waals surface area contributed by atoms with E-state index in [-0.39, 0.29) is 11.6 Å². The van der Waals surface area contributed by atoms with Crippen LogP contribution in [0.3, 0.4) is 0 Å². The van der Waals surface area contributed by atoms with Crippen LogP contribution in [0.5, 0.6) is 5.75 Å². The summed E-state index contributed by atoms with van der Waals surface area (Å²) in [6.07, 6.45) is 4.66. The highest BCUT2D eigenvalue weighted by Gasteiger charge is 2.28. The third-order valence-corrected chi connectivity index (χ3v) is 4.73. The molecule has 1 atom stereocenters. The summed E-state index contributed by atoms with van der Waals surface area (Å²) in [7, 11) is 0. The van der Waals surface area contributed by atoms with Crippen molar-refractivity contribution in [2.24, 2.45) is 0 Å². The molecule has 0 fully saturated rings. The van der Waals surface area contributed by atoms with Crippen LogP contribution in [0, 0.1) is 0 Å². The zero-order valence-electron chi connectivity index (χ0n) is 12.1. The monoisotopic (exact) mass is 281 g/mol. The number of halogens is 1. The molecule has 0 radical (unpaired) electrons. The van der Waals surface area contributed by atoms with Crippen LogP contribution in [0.25, 0.3) is 0 Å². The van der Waals surface area contributed by atoms with Crippen molar-refractivity contribution in [1.82, 2.24) is 5.32 Å². The topological polar surface area (TPSA) is 21.3 Å². The van der Waals surface area contributed by atoms with Crippen LogP contribution < -0.4 is 10.1 Å². The third kappa shape index (κ3) is 3.24. The first-order valence-electron chi connectivity index (χ1n) is 7.32. The lowest BCUT2D eigenvalue weighted by Crippen LogP contribution is -2.47. The van der Waals surface area contributed by atoms with Crippen LogP contribution in [0.4, 0.5) is 0 Å². The molecule has 1 unspecified atom stereocenters. The summed E-state index contributed by atoms with van der Waals surface area (Å²) in [4.78, 5) is 0. The maximum absolute atomic E-state index is 6.02. The summed E-state index contributed by atoms with van der Waals surface area (Å²) in [5.41, 5.74) is 1.49. The number of nitrogens with one attached hydrogen (secondary N) is 1. The van der Waals surface area contributed by atoms with Crippen molar-refractivity contribution >= 4 is 11.6 Å². The summed E-state index contributed by atoms with van der Waals surface area (Å²) < 4.78 is 5.97. The Hall–Kier alpha value is -0.730. The Morgan fingerprint density at radius 3 is 2.58 bits per heavy atom. The van der Waals surface area contributed by atoms with Gasteiger partial charge in [-0.05, 0) is 43.0 Å². The van der Waals surface area contributed by atoms with E-state index in [0.717, 1.165) is 43.0 Å². The van der Waals surface area contributed by atoms with Crippen LogP contribution in [0.1, 0.15) is 45.6 Å². The number of benzene rings is 1. The molecule has 0 bridgehead atoms. The minimum atomic E-state index is 0.234. The van der Waals surface area contributed by atoms with E-state index < -0.39 is 0 Å². The highest BCUT2D eigenvalue weighted by molar-refractivity contribution is 6.30. The van der Waals surface area contributed by atoms with Gasteiger partial charge in [0.05, 0.1) is 0 Å². The summed E-state index contributed by atoms with van der Waals surface area (Å²) >= 11 is 6.02. The molecule has 1 aromatic carbocycles. The average molecular weight is 282 g/mol. The molecule has 0 aromatic heterocycles. The van der Waals surface area contributed by atoms with Crippen molar-refractivity contribution in [3.63, 3.8) is 0 Å². The van der Waals surface area contributed by atoms with Gasteiger partial charge in [0.25, 0.3) is 0 Å². The Kier molecular flexibility index (Phi) is 4.75. The molecule has 1 aliphatic rings. The van der Waals surface area contributed by atoms with Gasteiger partial charge in [0.15, 0.2) is 0 Å². The van der Waals surface area contributed by atoms with E-state index in [1.807, 2.05) is 18.2 Å². The van der Waals surface area contributed by atoms with Gasteiger partial charge in [0.2, 0.25) is 0 Å². The van der Waals surface area contributed by atoms with E-state index in [2.05, 4.69) is 26.1 Å².